The Hall–Kier alpha value is -4.42. The Labute approximate surface area is 216 Å². The minimum atomic E-state index is -3.75. The first-order valence-electron chi connectivity index (χ1n) is 11.5. The first-order valence-corrected chi connectivity index (χ1v) is 13.3. The van der Waals surface area contributed by atoms with Crippen molar-refractivity contribution >= 4 is 44.4 Å². The molecule has 1 amide bonds. The number of anilines is 2. The number of nitrogens with one attached hydrogen (secondary N) is 1. The lowest BCUT2D eigenvalue weighted by atomic mass is 9.99. The lowest BCUT2D eigenvalue weighted by Gasteiger charge is -2.24. The summed E-state index contributed by atoms with van der Waals surface area (Å²) in [4.78, 5) is 26.8. The van der Waals surface area contributed by atoms with E-state index in [9.17, 15) is 23.3 Å². The van der Waals surface area contributed by atoms with Crippen LogP contribution in [0, 0.1) is 11.3 Å². The number of Topliss-reactive ketones (excluding diaryl/α,β-unsaturated/α-hetero) is 1. The van der Waals surface area contributed by atoms with Crippen LogP contribution >= 0.6 is 0 Å². The number of hydrogen-bond donors (Lipinski definition) is 1. The number of carbonyl (C=O) groups excluding carboxylic acids is 2. The molecule has 0 atom stereocenters. The lowest BCUT2D eigenvalue weighted by molar-refractivity contribution is -0.127. The van der Waals surface area contributed by atoms with Crippen molar-refractivity contribution in [3.8, 4) is 6.07 Å². The fraction of sp³-hybridized carbons (Fsp3) is 0.179. The largest absolute Gasteiger partial charge is 0.354 e. The van der Waals surface area contributed by atoms with Crippen molar-refractivity contribution < 1.29 is 18.0 Å². The summed E-state index contributed by atoms with van der Waals surface area (Å²) >= 11 is 0. The number of rotatable bonds is 7. The van der Waals surface area contributed by atoms with E-state index < -0.39 is 10.0 Å². The van der Waals surface area contributed by atoms with Crippen LogP contribution in [-0.4, -0.2) is 51.9 Å². The van der Waals surface area contributed by atoms with Crippen LogP contribution in [0.4, 0.5) is 11.4 Å². The van der Waals surface area contributed by atoms with E-state index in [1.807, 2.05) is 24.3 Å². The predicted molar refractivity (Wildman–Crippen MR) is 144 cm³/mol. The van der Waals surface area contributed by atoms with E-state index in [2.05, 4.69) is 11.4 Å². The standard InChI is InChI=1S/C28H26N4O4S/c1-31(2)26(34)18-32(37(3,35)36)23-9-6-8-22(16-23)30-28(20-13-11-19(17-29)12-14-20)27-24-10-5-4-7-21(24)15-25(27)33/h4-14,16,30H,15,18H2,1-3H3/b28-27-. The lowest BCUT2D eigenvalue weighted by Crippen LogP contribution is -2.39. The van der Waals surface area contributed by atoms with Crippen molar-refractivity contribution in [2.75, 3.05) is 36.5 Å². The van der Waals surface area contributed by atoms with Gasteiger partial charge in [-0.15, -0.1) is 0 Å². The number of nitrogens with zero attached hydrogens (tertiary/aromatic N) is 3. The van der Waals surface area contributed by atoms with Gasteiger partial charge in [0.15, 0.2) is 5.78 Å². The van der Waals surface area contributed by atoms with Crippen LogP contribution in [0.15, 0.2) is 72.8 Å². The molecule has 0 radical (unpaired) electrons. The second kappa shape index (κ2) is 10.3. The molecule has 0 fully saturated rings. The first-order chi connectivity index (χ1) is 17.6. The van der Waals surface area contributed by atoms with Gasteiger partial charge in [0, 0.05) is 31.8 Å². The summed E-state index contributed by atoms with van der Waals surface area (Å²) in [7, 11) is -0.629. The van der Waals surface area contributed by atoms with E-state index in [1.54, 1.807) is 62.6 Å². The quantitative estimate of drug-likeness (QED) is 0.483. The van der Waals surface area contributed by atoms with Gasteiger partial charge in [0.1, 0.15) is 6.54 Å². The van der Waals surface area contributed by atoms with Crippen molar-refractivity contribution in [1.29, 1.82) is 5.26 Å². The molecule has 8 nitrogen and oxygen atoms in total. The SMILES string of the molecule is CN(C)C(=O)CN(c1cccc(N/C(=C2\C(=O)Cc3ccccc32)c2ccc(C#N)cc2)c1)S(C)(=O)=O. The molecule has 0 saturated heterocycles. The van der Waals surface area contributed by atoms with Crippen LogP contribution in [0.25, 0.3) is 11.3 Å². The molecule has 0 spiro atoms. The van der Waals surface area contributed by atoms with Gasteiger partial charge < -0.3 is 10.2 Å². The van der Waals surface area contributed by atoms with Crippen molar-refractivity contribution in [2.24, 2.45) is 0 Å². The molecule has 188 valence electrons. The summed E-state index contributed by atoms with van der Waals surface area (Å²) in [6.45, 7) is -0.343. The maximum Gasteiger partial charge on any atom is 0.242 e. The summed E-state index contributed by atoms with van der Waals surface area (Å²) in [6.07, 6.45) is 1.33. The maximum absolute atomic E-state index is 13.2. The molecule has 0 bridgehead atoms. The topological polar surface area (TPSA) is 111 Å². The molecule has 4 rings (SSSR count). The van der Waals surface area contributed by atoms with E-state index in [0.29, 0.717) is 33.8 Å². The van der Waals surface area contributed by atoms with Crippen molar-refractivity contribution in [3.05, 3.63) is 95.1 Å². The van der Waals surface area contributed by atoms with E-state index in [4.69, 9.17) is 0 Å². The van der Waals surface area contributed by atoms with Gasteiger partial charge in [0.2, 0.25) is 15.9 Å². The third kappa shape index (κ3) is 5.55. The zero-order valence-corrected chi connectivity index (χ0v) is 21.5. The normalized spacial score (nSPS) is 13.9. The van der Waals surface area contributed by atoms with Crippen LogP contribution in [0.2, 0.25) is 0 Å². The van der Waals surface area contributed by atoms with Gasteiger partial charge in [0.05, 0.1) is 29.3 Å². The molecular formula is C28H26N4O4S. The number of fused-ring (bicyclic) bond motifs is 1. The highest BCUT2D eigenvalue weighted by Crippen LogP contribution is 2.36. The number of nitriles is 1. The van der Waals surface area contributed by atoms with Crippen molar-refractivity contribution in [2.45, 2.75) is 6.42 Å². The first kappa shape index (κ1) is 25.7. The second-order valence-corrected chi connectivity index (χ2v) is 10.8. The highest BCUT2D eigenvalue weighted by atomic mass is 32.2. The molecule has 9 heteroatoms. The number of carbonyl (C=O) groups is 2. The van der Waals surface area contributed by atoms with Crippen molar-refractivity contribution in [1.82, 2.24) is 4.90 Å². The summed E-state index contributed by atoms with van der Waals surface area (Å²) in [5.41, 5.74) is 4.85. The highest BCUT2D eigenvalue weighted by Gasteiger charge is 2.28. The third-order valence-corrected chi connectivity index (χ3v) is 7.19. The maximum atomic E-state index is 13.2. The Balaban J connectivity index is 1.82. The number of allylic oxidation sites excluding steroid dienone is 1. The molecule has 0 heterocycles. The van der Waals surface area contributed by atoms with Crippen LogP contribution in [0.5, 0.6) is 0 Å². The molecule has 0 unspecified atom stereocenters. The Bertz CT molecular complexity index is 1550. The molecule has 3 aromatic carbocycles. The molecular weight excluding hydrogens is 488 g/mol. The number of sulfonamides is 1. The molecule has 1 aliphatic carbocycles. The van der Waals surface area contributed by atoms with E-state index in [1.165, 1.54) is 4.90 Å². The molecule has 1 N–H and O–H groups in total. The third-order valence-electron chi connectivity index (χ3n) is 6.05. The van der Waals surface area contributed by atoms with Gasteiger partial charge in [-0.25, -0.2) is 8.42 Å². The number of benzene rings is 3. The number of hydrogen-bond acceptors (Lipinski definition) is 6. The smallest absolute Gasteiger partial charge is 0.242 e. The molecule has 3 aromatic rings. The average Bonchev–Trinajstić information content (AvgIpc) is 3.20. The predicted octanol–water partition coefficient (Wildman–Crippen LogP) is 3.52. The molecule has 0 aliphatic heterocycles. The Morgan fingerprint density at radius 2 is 1.73 bits per heavy atom. The molecule has 0 saturated carbocycles. The fourth-order valence-corrected chi connectivity index (χ4v) is 4.98. The Morgan fingerprint density at radius 1 is 1.03 bits per heavy atom. The summed E-state index contributed by atoms with van der Waals surface area (Å²) in [5.74, 6) is -0.407. The number of ketones is 1. The number of amides is 1. The van der Waals surface area contributed by atoms with Gasteiger partial charge >= 0.3 is 0 Å². The summed E-state index contributed by atoms with van der Waals surface area (Å²) in [6, 6.07) is 23.2. The molecule has 1 aliphatic rings. The second-order valence-electron chi connectivity index (χ2n) is 8.93. The van der Waals surface area contributed by atoms with E-state index >= 15 is 0 Å². The Morgan fingerprint density at radius 3 is 2.38 bits per heavy atom. The zero-order chi connectivity index (χ0) is 26.7. The highest BCUT2D eigenvalue weighted by molar-refractivity contribution is 7.92. The fourth-order valence-electron chi connectivity index (χ4n) is 4.14. The number of likely N-dealkylation sites (N-methyl/N-ethyl adjacent to an activating group) is 1. The van der Waals surface area contributed by atoms with Crippen LogP contribution < -0.4 is 9.62 Å². The summed E-state index contributed by atoms with van der Waals surface area (Å²) in [5, 5.41) is 12.5. The van der Waals surface area contributed by atoms with Gasteiger partial charge in [-0.1, -0.05) is 42.5 Å². The van der Waals surface area contributed by atoms with Gasteiger partial charge in [-0.3, -0.25) is 13.9 Å². The molecule has 0 aromatic heterocycles. The minimum absolute atomic E-state index is 0.0430. The van der Waals surface area contributed by atoms with Crippen LogP contribution in [0.1, 0.15) is 22.3 Å². The van der Waals surface area contributed by atoms with E-state index in [0.717, 1.165) is 21.7 Å². The minimum Gasteiger partial charge on any atom is -0.354 e. The van der Waals surface area contributed by atoms with Gasteiger partial charge in [-0.2, -0.15) is 5.26 Å². The van der Waals surface area contributed by atoms with Crippen LogP contribution in [0.3, 0.4) is 0 Å². The van der Waals surface area contributed by atoms with Gasteiger partial charge in [0.25, 0.3) is 0 Å². The van der Waals surface area contributed by atoms with E-state index in [-0.39, 0.29) is 24.7 Å². The summed E-state index contributed by atoms with van der Waals surface area (Å²) < 4.78 is 26.1. The van der Waals surface area contributed by atoms with Crippen LogP contribution in [-0.2, 0) is 26.0 Å². The monoisotopic (exact) mass is 514 g/mol. The average molecular weight is 515 g/mol. The van der Waals surface area contributed by atoms with Gasteiger partial charge in [-0.05, 0) is 47.0 Å². The zero-order valence-electron chi connectivity index (χ0n) is 20.7. The molecule has 37 heavy (non-hydrogen) atoms. The van der Waals surface area contributed by atoms with Crippen molar-refractivity contribution in [3.63, 3.8) is 0 Å². The Kier molecular flexibility index (Phi) is 7.14.